The maximum Gasteiger partial charge on any atom is 0.251 e. The van der Waals surface area contributed by atoms with E-state index < -0.39 is 5.91 Å². The van der Waals surface area contributed by atoms with Crippen molar-refractivity contribution < 1.29 is 14.4 Å². The fraction of sp³-hybridized carbons (Fsp3) is 0.318. The van der Waals surface area contributed by atoms with E-state index in [1.165, 1.54) is 5.56 Å². The van der Waals surface area contributed by atoms with Crippen LogP contribution >= 0.6 is 15.9 Å². The summed E-state index contributed by atoms with van der Waals surface area (Å²) in [6.45, 7) is 3.52. The predicted molar refractivity (Wildman–Crippen MR) is 118 cm³/mol. The highest BCUT2D eigenvalue weighted by Crippen LogP contribution is 2.11. The lowest BCUT2D eigenvalue weighted by Gasteiger charge is -2.34. The van der Waals surface area contributed by atoms with Gasteiger partial charge in [0.1, 0.15) is 0 Å². The average Bonchev–Trinajstić information content (AvgIpc) is 2.77. The van der Waals surface area contributed by atoms with Gasteiger partial charge in [-0.3, -0.25) is 19.3 Å². The number of nitrogens with zero attached hydrogens (tertiary/aromatic N) is 2. The molecule has 1 aliphatic heterocycles. The number of amides is 3. The highest BCUT2D eigenvalue weighted by Gasteiger charge is 2.21. The maximum atomic E-state index is 12.4. The Balaban J connectivity index is 1.34. The third-order valence-corrected chi connectivity index (χ3v) is 5.40. The van der Waals surface area contributed by atoms with Crippen molar-refractivity contribution in [2.75, 3.05) is 39.3 Å². The van der Waals surface area contributed by atoms with Crippen LogP contribution in [0.5, 0.6) is 0 Å². The molecule has 1 heterocycles. The lowest BCUT2D eigenvalue weighted by atomic mass is 10.2. The number of carbonyl (C=O) groups is 3. The summed E-state index contributed by atoms with van der Waals surface area (Å²) < 4.78 is 0.786. The Morgan fingerprint density at radius 1 is 0.867 bits per heavy atom. The molecule has 3 rings (SSSR count). The third kappa shape index (κ3) is 6.67. The summed E-state index contributed by atoms with van der Waals surface area (Å²) in [4.78, 5) is 40.5. The average molecular weight is 473 g/mol. The largest absolute Gasteiger partial charge is 0.345 e. The van der Waals surface area contributed by atoms with Crippen molar-refractivity contribution in [3.05, 3.63) is 70.2 Å². The van der Waals surface area contributed by atoms with Crippen LogP contribution in [0.3, 0.4) is 0 Å². The zero-order chi connectivity index (χ0) is 21.3. The summed E-state index contributed by atoms with van der Waals surface area (Å²) in [6.07, 6.45) is 0. The molecule has 0 atom stereocenters. The van der Waals surface area contributed by atoms with Crippen LogP contribution in [-0.2, 0) is 16.1 Å². The second kappa shape index (κ2) is 10.9. The smallest absolute Gasteiger partial charge is 0.251 e. The zero-order valence-corrected chi connectivity index (χ0v) is 18.2. The molecule has 7 nitrogen and oxygen atoms in total. The van der Waals surface area contributed by atoms with Gasteiger partial charge in [0.2, 0.25) is 11.8 Å². The van der Waals surface area contributed by atoms with Gasteiger partial charge in [0.15, 0.2) is 0 Å². The number of hydrogen-bond acceptors (Lipinski definition) is 4. The first-order valence-electron chi connectivity index (χ1n) is 9.86. The highest BCUT2D eigenvalue weighted by atomic mass is 79.9. The van der Waals surface area contributed by atoms with Crippen LogP contribution in [0.4, 0.5) is 0 Å². The van der Waals surface area contributed by atoms with Gasteiger partial charge in [0.05, 0.1) is 13.1 Å². The SMILES string of the molecule is O=C(CNC(=O)c1cccc(Br)c1)NCC(=O)N1CCN(Cc2ccccc2)CC1. The van der Waals surface area contributed by atoms with Crippen molar-refractivity contribution in [3.8, 4) is 0 Å². The van der Waals surface area contributed by atoms with Crippen molar-refractivity contribution in [1.82, 2.24) is 20.4 Å². The molecule has 0 bridgehead atoms. The van der Waals surface area contributed by atoms with E-state index in [0.29, 0.717) is 18.7 Å². The van der Waals surface area contributed by atoms with Crippen LogP contribution in [0.25, 0.3) is 0 Å². The Morgan fingerprint density at radius 2 is 1.60 bits per heavy atom. The fourth-order valence-corrected chi connectivity index (χ4v) is 3.64. The molecule has 0 saturated carbocycles. The fourth-order valence-electron chi connectivity index (χ4n) is 3.24. The van der Waals surface area contributed by atoms with Crippen LogP contribution in [0.1, 0.15) is 15.9 Å². The molecular weight excluding hydrogens is 448 g/mol. The van der Waals surface area contributed by atoms with Gasteiger partial charge < -0.3 is 15.5 Å². The second-order valence-electron chi connectivity index (χ2n) is 7.11. The summed E-state index contributed by atoms with van der Waals surface area (Å²) in [5, 5.41) is 5.14. The zero-order valence-electron chi connectivity index (χ0n) is 16.6. The van der Waals surface area contributed by atoms with Crippen LogP contribution in [0.15, 0.2) is 59.1 Å². The Bertz CT molecular complexity index is 883. The number of carbonyl (C=O) groups excluding carboxylic acids is 3. The van der Waals surface area contributed by atoms with E-state index in [4.69, 9.17) is 0 Å². The Hall–Kier alpha value is -2.71. The second-order valence-corrected chi connectivity index (χ2v) is 8.03. The summed E-state index contributed by atoms with van der Waals surface area (Å²) >= 11 is 3.30. The van der Waals surface area contributed by atoms with E-state index in [0.717, 1.165) is 24.1 Å². The van der Waals surface area contributed by atoms with E-state index in [2.05, 4.69) is 43.6 Å². The molecule has 3 amide bonds. The van der Waals surface area contributed by atoms with E-state index >= 15 is 0 Å². The number of hydrogen-bond donors (Lipinski definition) is 2. The van der Waals surface area contributed by atoms with Crippen LogP contribution in [-0.4, -0.2) is 66.8 Å². The molecule has 2 N–H and O–H groups in total. The van der Waals surface area contributed by atoms with Gasteiger partial charge in [-0.1, -0.05) is 52.3 Å². The van der Waals surface area contributed by atoms with E-state index in [1.807, 2.05) is 24.3 Å². The number of piperazine rings is 1. The minimum Gasteiger partial charge on any atom is -0.345 e. The Morgan fingerprint density at radius 3 is 2.30 bits per heavy atom. The molecule has 2 aromatic carbocycles. The molecule has 1 aliphatic rings. The predicted octanol–water partition coefficient (Wildman–Crippen LogP) is 1.64. The molecule has 0 radical (unpaired) electrons. The van der Waals surface area contributed by atoms with Crippen molar-refractivity contribution in [2.45, 2.75) is 6.54 Å². The molecule has 8 heteroatoms. The van der Waals surface area contributed by atoms with Gasteiger partial charge in [-0.25, -0.2) is 0 Å². The van der Waals surface area contributed by atoms with Gasteiger partial charge in [0, 0.05) is 42.8 Å². The van der Waals surface area contributed by atoms with E-state index in [9.17, 15) is 14.4 Å². The summed E-state index contributed by atoms with van der Waals surface area (Å²) in [5.74, 6) is -0.845. The molecule has 0 spiro atoms. The topological polar surface area (TPSA) is 81.8 Å². The minimum atomic E-state index is -0.394. The Labute approximate surface area is 184 Å². The molecule has 30 heavy (non-hydrogen) atoms. The van der Waals surface area contributed by atoms with Crippen molar-refractivity contribution >= 4 is 33.7 Å². The first-order valence-corrected chi connectivity index (χ1v) is 10.6. The normalized spacial score (nSPS) is 14.2. The van der Waals surface area contributed by atoms with Crippen molar-refractivity contribution in [2.24, 2.45) is 0 Å². The standard InChI is InChI=1S/C22H25BrN4O3/c23-19-8-4-7-18(13-19)22(30)25-14-20(28)24-15-21(29)27-11-9-26(10-12-27)16-17-5-2-1-3-6-17/h1-8,13H,9-12,14-16H2,(H,24,28)(H,25,30). The van der Waals surface area contributed by atoms with Crippen LogP contribution in [0.2, 0.25) is 0 Å². The lowest BCUT2D eigenvalue weighted by molar-refractivity contribution is -0.134. The molecule has 1 fully saturated rings. The summed E-state index contributed by atoms with van der Waals surface area (Å²) in [5.41, 5.74) is 1.72. The molecule has 0 aromatic heterocycles. The van der Waals surface area contributed by atoms with Crippen molar-refractivity contribution in [3.63, 3.8) is 0 Å². The minimum absolute atomic E-state index is 0.0652. The van der Waals surface area contributed by atoms with E-state index in [1.54, 1.807) is 23.1 Å². The molecule has 2 aromatic rings. The number of rotatable bonds is 7. The maximum absolute atomic E-state index is 12.4. The van der Waals surface area contributed by atoms with Gasteiger partial charge in [-0.05, 0) is 23.8 Å². The number of halogens is 1. The Kier molecular flexibility index (Phi) is 7.98. The summed E-state index contributed by atoms with van der Waals surface area (Å²) in [6, 6.07) is 17.2. The van der Waals surface area contributed by atoms with Gasteiger partial charge in [-0.15, -0.1) is 0 Å². The molecule has 158 valence electrons. The first-order chi connectivity index (χ1) is 14.5. The first kappa shape index (κ1) is 22.0. The number of benzene rings is 2. The molecule has 0 aliphatic carbocycles. The van der Waals surface area contributed by atoms with Crippen LogP contribution in [0, 0.1) is 0 Å². The third-order valence-electron chi connectivity index (χ3n) is 4.91. The molecule has 0 unspecified atom stereocenters. The van der Waals surface area contributed by atoms with Gasteiger partial charge in [-0.2, -0.15) is 0 Å². The molecular formula is C22H25BrN4O3. The molecule has 1 saturated heterocycles. The van der Waals surface area contributed by atoms with E-state index in [-0.39, 0.29) is 24.9 Å². The number of nitrogens with one attached hydrogen (secondary N) is 2. The summed E-state index contributed by atoms with van der Waals surface area (Å²) in [7, 11) is 0. The lowest BCUT2D eigenvalue weighted by Crippen LogP contribution is -2.51. The van der Waals surface area contributed by atoms with Gasteiger partial charge >= 0.3 is 0 Å². The monoisotopic (exact) mass is 472 g/mol. The van der Waals surface area contributed by atoms with Crippen molar-refractivity contribution in [1.29, 1.82) is 0 Å². The quantitative estimate of drug-likeness (QED) is 0.641. The van der Waals surface area contributed by atoms with Gasteiger partial charge in [0.25, 0.3) is 5.91 Å². The highest BCUT2D eigenvalue weighted by molar-refractivity contribution is 9.10. The van der Waals surface area contributed by atoms with Crippen LogP contribution < -0.4 is 10.6 Å².